The molecular formula is C19H24O3. The lowest BCUT2D eigenvalue weighted by Crippen LogP contribution is -2.29. The predicted octanol–water partition coefficient (Wildman–Crippen LogP) is 3.98. The van der Waals surface area contributed by atoms with Crippen LogP contribution in [0.25, 0.3) is 0 Å². The fourth-order valence-corrected chi connectivity index (χ4v) is 2.46. The summed E-state index contributed by atoms with van der Waals surface area (Å²) in [6.07, 6.45) is 3.35. The first-order valence-corrected chi connectivity index (χ1v) is 7.79. The molecule has 1 aliphatic rings. The Bertz CT molecular complexity index is 544. The van der Waals surface area contributed by atoms with Gasteiger partial charge >= 0.3 is 0 Å². The van der Waals surface area contributed by atoms with Crippen LogP contribution in [0.5, 0.6) is 5.75 Å². The van der Waals surface area contributed by atoms with Crippen molar-refractivity contribution < 1.29 is 14.3 Å². The van der Waals surface area contributed by atoms with Crippen molar-refractivity contribution in [3.05, 3.63) is 42.0 Å². The molecule has 0 spiro atoms. The number of allylic oxidation sites excluding steroid dienone is 2. The monoisotopic (exact) mass is 300 g/mol. The second kappa shape index (κ2) is 6.91. The molecule has 118 valence electrons. The van der Waals surface area contributed by atoms with E-state index < -0.39 is 0 Å². The minimum Gasteiger partial charge on any atom is -0.493 e. The molecule has 2 rings (SSSR count). The molecule has 3 nitrogen and oxygen atoms in total. The Morgan fingerprint density at radius 3 is 2.23 bits per heavy atom. The molecule has 0 unspecified atom stereocenters. The molecule has 0 aliphatic heterocycles. The van der Waals surface area contributed by atoms with Crippen LogP contribution < -0.4 is 4.74 Å². The number of para-hydroxylation sites is 1. The smallest absolute Gasteiger partial charge is 0.166 e. The van der Waals surface area contributed by atoms with Gasteiger partial charge in [-0.15, -0.1) is 0 Å². The molecule has 1 saturated carbocycles. The molecule has 0 heterocycles. The van der Waals surface area contributed by atoms with E-state index in [0.717, 1.165) is 12.2 Å². The minimum absolute atomic E-state index is 0.0213. The highest BCUT2D eigenvalue weighted by Crippen LogP contribution is 2.27. The van der Waals surface area contributed by atoms with Crippen LogP contribution in [0.4, 0.5) is 0 Å². The van der Waals surface area contributed by atoms with Crippen molar-refractivity contribution in [2.45, 2.75) is 40.0 Å². The van der Waals surface area contributed by atoms with Crippen LogP contribution in [-0.2, 0) is 9.59 Å². The highest BCUT2D eigenvalue weighted by atomic mass is 16.5. The fourth-order valence-electron chi connectivity index (χ4n) is 2.46. The van der Waals surface area contributed by atoms with Gasteiger partial charge in [-0.25, -0.2) is 0 Å². The molecule has 1 aromatic carbocycles. The maximum atomic E-state index is 12.2. The molecule has 0 radical (unpaired) electrons. The van der Waals surface area contributed by atoms with Crippen molar-refractivity contribution in [1.82, 2.24) is 0 Å². The molecular weight excluding hydrogens is 276 g/mol. The van der Waals surface area contributed by atoms with E-state index >= 15 is 0 Å². The molecule has 1 fully saturated rings. The summed E-state index contributed by atoms with van der Waals surface area (Å²) < 4.78 is 5.67. The SMILES string of the molecule is CC(C)(C)CC=C1C(=O)CC(COc2ccccc2)CC1=O. The Balaban J connectivity index is 1.93. The van der Waals surface area contributed by atoms with Crippen LogP contribution in [0.15, 0.2) is 42.0 Å². The lowest BCUT2D eigenvalue weighted by molar-refractivity contribution is -0.125. The number of hydrogen-bond acceptors (Lipinski definition) is 3. The highest BCUT2D eigenvalue weighted by molar-refractivity contribution is 6.21. The standard InChI is InChI=1S/C19H24O3/c1-19(2,3)10-9-16-17(20)11-14(12-18(16)21)13-22-15-7-5-4-6-8-15/h4-9,14H,10-13H2,1-3H3. The van der Waals surface area contributed by atoms with Crippen LogP contribution in [0.3, 0.4) is 0 Å². The van der Waals surface area contributed by atoms with Gasteiger partial charge in [0.15, 0.2) is 11.6 Å². The Hall–Kier alpha value is -1.90. The quantitative estimate of drug-likeness (QED) is 0.624. The second-order valence-corrected chi connectivity index (χ2v) is 7.13. The van der Waals surface area contributed by atoms with E-state index in [1.54, 1.807) is 0 Å². The third-order valence-corrected chi connectivity index (χ3v) is 3.70. The maximum Gasteiger partial charge on any atom is 0.166 e. The number of rotatable bonds is 4. The van der Waals surface area contributed by atoms with Crippen molar-refractivity contribution in [1.29, 1.82) is 0 Å². The summed E-state index contributed by atoms with van der Waals surface area (Å²) in [6, 6.07) is 9.48. The molecule has 0 amide bonds. The number of benzene rings is 1. The normalized spacial score (nSPS) is 19.2. The van der Waals surface area contributed by atoms with E-state index in [0.29, 0.717) is 25.0 Å². The average Bonchev–Trinajstić information content (AvgIpc) is 2.44. The van der Waals surface area contributed by atoms with Gasteiger partial charge in [-0.2, -0.15) is 0 Å². The molecule has 1 aromatic rings. The van der Waals surface area contributed by atoms with E-state index in [1.807, 2.05) is 36.4 Å². The Kier molecular flexibility index (Phi) is 5.17. The van der Waals surface area contributed by atoms with Crippen LogP contribution in [0, 0.1) is 11.3 Å². The van der Waals surface area contributed by atoms with Crippen LogP contribution in [0.2, 0.25) is 0 Å². The zero-order valence-electron chi connectivity index (χ0n) is 13.6. The van der Waals surface area contributed by atoms with E-state index in [2.05, 4.69) is 20.8 Å². The van der Waals surface area contributed by atoms with E-state index in [-0.39, 0.29) is 22.9 Å². The molecule has 3 heteroatoms. The van der Waals surface area contributed by atoms with Crippen molar-refractivity contribution in [2.75, 3.05) is 6.61 Å². The number of carbonyl (C=O) groups excluding carboxylic acids is 2. The van der Waals surface area contributed by atoms with E-state index in [1.165, 1.54) is 0 Å². The van der Waals surface area contributed by atoms with Gasteiger partial charge in [0.1, 0.15) is 5.75 Å². The van der Waals surface area contributed by atoms with Crippen molar-refractivity contribution in [2.24, 2.45) is 11.3 Å². The lowest BCUT2D eigenvalue weighted by atomic mass is 9.82. The predicted molar refractivity (Wildman–Crippen MR) is 86.8 cm³/mol. The van der Waals surface area contributed by atoms with Gasteiger partial charge < -0.3 is 4.74 Å². The number of carbonyl (C=O) groups is 2. The fraction of sp³-hybridized carbons (Fsp3) is 0.474. The molecule has 22 heavy (non-hydrogen) atoms. The van der Waals surface area contributed by atoms with Crippen molar-refractivity contribution in [3.8, 4) is 5.75 Å². The van der Waals surface area contributed by atoms with E-state index in [4.69, 9.17) is 4.74 Å². The van der Waals surface area contributed by atoms with Gasteiger partial charge in [0.2, 0.25) is 0 Å². The first kappa shape index (κ1) is 16.5. The highest BCUT2D eigenvalue weighted by Gasteiger charge is 2.30. The summed E-state index contributed by atoms with van der Waals surface area (Å²) in [5.41, 5.74) is 0.478. The molecule has 0 atom stereocenters. The van der Waals surface area contributed by atoms with Gasteiger partial charge in [-0.1, -0.05) is 45.0 Å². The summed E-state index contributed by atoms with van der Waals surface area (Å²) in [6.45, 7) is 6.70. The molecule has 0 aromatic heterocycles. The number of hydrogen-bond donors (Lipinski definition) is 0. The van der Waals surface area contributed by atoms with Gasteiger partial charge in [0.25, 0.3) is 0 Å². The zero-order chi connectivity index (χ0) is 16.2. The minimum atomic E-state index is -0.0397. The van der Waals surface area contributed by atoms with Gasteiger partial charge in [-0.3, -0.25) is 9.59 Å². The van der Waals surface area contributed by atoms with E-state index in [9.17, 15) is 9.59 Å². The zero-order valence-corrected chi connectivity index (χ0v) is 13.6. The van der Waals surface area contributed by atoms with Gasteiger partial charge in [0, 0.05) is 18.8 Å². The summed E-state index contributed by atoms with van der Waals surface area (Å²) >= 11 is 0. The molecule has 1 aliphatic carbocycles. The first-order chi connectivity index (χ1) is 10.3. The van der Waals surface area contributed by atoms with Crippen molar-refractivity contribution >= 4 is 11.6 Å². The molecule has 0 saturated heterocycles. The summed E-state index contributed by atoms with van der Waals surface area (Å²) in [5, 5.41) is 0. The van der Waals surface area contributed by atoms with Crippen LogP contribution in [-0.4, -0.2) is 18.2 Å². The molecule has 0 bridgehead atoms. The molecule has 0 N–H and O–H groups in total. The van der Waals surface area contributed by atoms with Gasteiger partial charge in [0.05, 0.1) is 12.2 Å². The van der Waals surface area contributed by atoms with Gasteiger partial charge in [-0.05, 0) is 24.0 Å². The average molecular weight is 300 g/mol. The number of Topliss-reactive ketones (excluding diaryl/α,β-unsaturated/α-hetero) is 2. The first-order valence-electron chi connectivity index (χ1n) is 7.79. The van der Waals surface area contributed by atoms with Crippen LogP contribution in [0.1, 0.15) is 40.0 Å². The van der Waals surface area contributed by atoms with Crippen LogP contribution >= 0.6 is 0 Å². The third kappa shape index (κ3) is 4.83. The number of ether oxygens (including phenoxy) is 1. The Morgan fingerprint density at radius 1 is 1.09 bits per heavy atom. The lowest BCUT2D eigenvalue weighted by Gasteiger charge is -2.23. The number of ketones is 2. The maximum absolute atomic E-state index is 12.2. The summed E-state index contributed by atoms with van der Waals surface area (Å²) in [4.78, 5) is 24.4. The Morgan fingerprint density at radius 2 is 1.68 bits per heavy atom. The largest absolute Gasteiger partial charge is 0.493 e. The topological polar surface area (TPSA) is 43.4 Å². The summed E-state index contributed by atoms with van der Waals surface area (Å²) in [5.74, 6) is 0.674. The van der Waals surface area contributed by atoms with Crippen molar-refractivity contribution in [3.63, 3.8) is 0 Å². The Labute approximate surface area is 132 Å². The second-order valence-electron chi connectivity index (χ2n) is 7.13. The third-order valence-electron chi connectivity index (χ3n) is 3.70. The summed E-state index contributed by atoms with van der Waals surface area (Å²) in [7, 11) is 0.